The van der Waals surface area contributed by atoms with Gasteiger partial charge in [-0.25, -0.2) is 5.48 Å². The molecular formula is C5H13N2O2+. The van der Waals surface area contributed by atoms with Crippen molar-refractivity contribution in [1.29, 1.82) is 0 Å². The molecule has 0 aliphatic carbocycles. The molecule has 0 atom stereocenters. The Balaban J connectivity index is 3.60. The molecule has 0 rings (SSSR count). The summed E-state index contributed by atoms with van der Waals surface area (Å²) in [7, 11) is 5.61. The molecule has 0 spiro atoms. The Morgan fingerprint density at radius 3 is 2.11 bits per heavy atom. The summed E-state index contributed by atoms with van der Waals surface area (Å²) >= 11 is 0. The zero-order chi connectivity index (χ0) is 7.49. The number of rotatable bonds is 2. The van der Waals surface area contributed by atoms with Crippen LogP contribution < -0.4 is 5.48 Å². The van der Waals surface area contributed by atoms with Gasteiger partial charge >= 0.3 is 0 Å². The van der Waals surface area contributed by atoms with Crippen molar-refractivity contribution in [1.82, 2.24) is 5.48 Å². The fourth-order valence-electron chi connectivity index (χ4n) is 0.466. The van der Waals surface area contributed by atoms with Crippen molar-refractivity contribution in [2.24, 2.45) is 0 Å². The molecule has 0 saturated carbocycles. The summed E-state index contributed by atoms with van der Waals surface area (Å²) in [6.45, 7) is 0.288. The number of amides is 1. The highest BCUT2D eigenvalue weighted by Crippen LogP contribution is 1.86. The van der Waals surface area contributed by atoms with Gasteiger partial charge < -0.3 is 4.48 Å². The van der Waals surface area contributed by atoms with Crippen molar-refractivity contribution in [3.8, 4) is 0 Å². The number of hydrogen-bond donors (Lipinski definition) is 2. The monoisotopic (exact) mass is 133 g/mol. The maximum absolute atomic E-state index is 10.5. The SMILES string of the molecule is C[N+](C)(C)CC(=O)NO. The van der Waals surface area contributed by atoms with Crippen LogP contribution in [-0.4, -0.2) is 43.3 Å². The quantitative estimate of drug-likeness (QED) is 0.294. The predicted octanol–water partition coefficient (Wildman–Crippen LogP) is -0.802. The van der Waals surface area contributed by atoms with Crippen LogP contribution in [0.15, 0.2) is 0 Å². The first-order valence-electron chi connectivity index (χ1n) is 2.69. The lowest BCUT2D eigenvalue weighted by Crippen LogP contribution is -2.43. The molecule has 0 aromatic heterocycles. The normalized spacial score (nSPS) is 11.1. The minimum Gasteiger partial charge on any atom is -0.323 e. The van der Waals surface area contributed by atoms with Crippen LogP contribution in [0.25, 0.3) is 0 Å². The van der Waals surface area contributed by atoms with E-state index in [1.54, 1.807) is 5.48 Å². The van der Waals surface area contributed by atoms with Crippen molar-refractivity contribution >= 4 is 5.91 Å². The molecule has 2 N–H and O–H groups in total. The average Bonchev–Trinajstić information content (AvgIpc) is 1.62. The highest BCUT2D eigenvalue weighted by atomic mass is 16.5. The first kappa shape index (κ1) is 8.39. The van der Waals surface area contributed by atoms with Crippen molar-refractivity contribution in [2.75, 3.05) is 27.7 Å². The molecule has 54 valence electrons. The standard InChI is InChI=1S/C5H12N2O2/c1-7(2,3)4-5(8)6-9/h4H2,1-3H3,(H-,6,8,9)/p+1. The van der Waals surface area contributed by atoms with E-state index in [0.29, 0.717) is 4.48 Å². The Morgan fingerprint density at radius 2 is 2.00 bits per heavy atom. The highest BCUT2D eigenvalue weighted by molar-refractivity contribution is 5.75. The molecule has 0 heterocycles. The van der Waals surface area contributed by atoms with E-state index in [0.717, 1.165) is 0 Å². The first-order chi connectivity index (χ1) is 3.95. The molecule has 0 aromatic carbocycles. The summed E-state index contributed by atoms with van der Waals surface area (Å²) in [5.41, 5.74) is 1.57. The largest absolute Gasteiger partial charge is 0.323 e. The van der Waals surface area contributed by atoms with Gasteiger partial charge in [-0.05, 0) is 0 Å². The Morgan fingerprint density at radius 1 is 1.56 bits per heavy atom. The Hall–Kier alpha value is -0.610. The fourth-order valence-corrected chi connectivity index (χ4v) is 0.466. The van der Waals surface area contributed by atoms with Gasteiger partial charge in [-0.15, -0.1) is 0 Å². The van der Waals surface area contributed by atoms with Gasteiger partial charge in [-0.1, -0.05) is 0 Å². The Labute approximate surface area is 54.6 Å². The minimum atomic E-state index is -0.359. The lowest BCUT2D eigenvalue weighted by Gasteiger charge is -2.21. The van der Waals surface area contributed by atoms with Crippen LogP contribution in [0, 0.1) is 0 Å². The zero-order valence-electron chi connectivity index (χ0n) is 6.01. The summed E-state index contributed by atoms with van der Waals surface area (Å²) in [6, 6.07) is 0. The second-order valence-corrected chi connectivity index (χ2v) is 2.98. The van der Waals surface area contributed by atoms with E-state index in [1.165, 1.54) is 0 Å². The molecule has 9 heavy (non-hydrogen) atoms. The Bertz CT molecular complexity index is 106. The third kappa shape index (κ3) is 5.26. The summed E-state index contributed by atoms with van der Waals surface area (Å²) in [4.78, 5) is 10.5. The summed E-state index contributed by atoms with van der Waals surface area (Å²) < 4.78 is 0.520. The van der Waals surface area contributed by atoms with E-state index in [4.69, 9.17) is 5.21 Å². The van der Waals surface area contributed by atoms with Crippen LogP contribution in [0.5, 0.6) is 0 Å². The lowest BCUT2D eigenvalue weighted by molar-refractivity contribution is -0.862. The summed E-state index contributed by atoms with van der Waals surface area (Å²) in [5, 5.41) is 8.09. The van der Waals surface area contributed by atoms with E-state index in [2.05, 4.69) is 0 Å². The van der Waals surface area contributed by atoms with E-state index < -0.39 is 0 Å². The highest BCUT2D eigenvalue weighted by Gasteiger charge is 2.12. The number of quaternary nitrogens is 1. The van der Waals surface area contributed by atoms with Crippen molar-refractivity contribution < 1.29 is 14.5 Å². The molecule has 0 aliphatic heterocycles. The lowest BCUT2D eigenvalue weighted by atomic mass is 10.5. The molecular weight excluding hydrogens is 120 g/mol. The van der Waals surface area contributed by atoms with Crippen LogP contribution in [0.1, 0.15) is 0 Å². The number of carbonyl (C=O) groups is 1. The molecule has 0 fully saturated rings. The average molecular weight is 133 g/mol. The Kier molecular flexibility index (Phi) is 2.61. The van der Waals surface area contributed by atoms with Crippen LogP contribution in [0.3, 0.4) is 0 Å². The molecule has 0 radical (unpaired) electrons. The zero-order valence-corrected chi connectivity index (χ0v) is 6.01. The summed E-state index contributed by atoms with van der Waals surface area (Å²) in [5.74, 6) is -0.359. The van der Waals surface area contributed by atoms with Gasteiger partial charge in [0.1, 0.15) is 0 Å². The van der Waals surface area contributed by atoms with Gasteiger partial charge in [-0.2, -0.15) is 0 Å². The van der Waals surface area contributed by atoms with Gasteiger partial charge in [0.05, 0.1) is 21.1 Å². The van der Waals surface area contributed by atoms with Crippen molar-refractivity contribution in [2.45, 2.75) is 0 Å². The number of nitrogens with one attached hydrogen (secondary N) is 1. The third-order valence-electron chi connectivity index (χ3n) is 0.743. The maximum atomic E-state index is 10.5. The van der Waals surface area contributed by atoms with E-state index in [1.807, 2.05) is 21.1 Å². The van der Waals surface area contributed by atoms with Gasteiger partial charge in [-0.3, -0.25) is 10.0 Å². The summed E-state index contributed by atoms with van der Waals surface area (Å²) in [6.07, 6.45) is 0. The van der Waals surface area contributed by atoms with Gasteiger partial charge in [0.25, 0.3) is 5.91 Å². The van der Waals surface area contributed by atoms with Crippen LogP contribution in [0.4, 0.5) is 0 Å². The van der Waals surface area contributed by atoms with Gasteiger partial charge in [0.15, 0.2) is 6.54 Å². The topological polar surface area (TPSA) is 49.3 Å². The number of carbonyl (C=O) groups excluding carboxylic acids is 1. The second-order valence-electron chi connectivity index (χ2n) is 2.98. The smallest absolute Gasteiger partial charge is 0.298 e. The molecule has 1 amide bonds. The fraction of sp³-hybridized carbons (Fsp3) is 0.800. The molecule has 0 aromatic rings. The number of nitrogens with zero attached hydrogens (tertiary/aromatic N) is 1. The predicted molar refractivity (Wildman–Crippen MR) is 32.8 cm³/mol. The van der Waals surface area contributed by atoms with Gasteiger partial charge in [0.2, 0.25) is 0 Å². The van der Waals surface area contributed by atoms with Crippen molar-refractivity contribution in [3.63, 3.8) is 0 Å². The number of hydrogen-bond acceptors (Lipinski definition) is 2. The third-order valence-corrected chi connectivity index (χ3v) is 0.743. The second kappa shape index (κ2) is 2.80. The molecule has 0 aliphatic rings. The molecule has 0 bridgehead atoms. The maximum Gasteiger partial charge on any atom is 0.298 e. The number of hydroxylamine groups is 1. The van der Waals surface area contributed by atoms with Crippen LogP contribution >= 0.6 is 0 Å². The molecule has 0 saturated heterocycles. The minimum absolute atomic E-state index is 0.288. The van der Waals surface area contributed by atoms with E-state index in [-0.39, 0.29) is 12.5 Å². The molecule has 4 nitrogen and oxygen atoms in total. The first-order valence-corrected chi connectivity index (χ1v) is 2.69. The molecule has 0 unspecified atom stereocenters. The van der Waals surface area contributed by atoms with Crippen LogP contribution in [0.2, 0.25) is 0 Å². The van der Waals surface area contributed by atoms with Crippen molar-refractivity contribution in [3.05, 3.63) is 0 Å². The molecule has 4 heteroatoms. The van der Waals surface area contributed by atoms with Gasteiger partial charge in [0, 0.05) is 0 Å². The number of likely N-dealkylation sites (N-methyl/N-ethyl adjacent to an activating group) is 1. The van der Waals surface area contributed by atoms with E-state index in [9.17, 15) is 4.79 Å². The van der Waals surface area contributed by atoms with Crippen LogP contribution in [-0.2, 0) is 4.79 Å². The van der Waals surface area contributed by atoms with E-state index >= 15 is 0 Å².